The Morgan fingerprint density at radius 2 is 2.00 bits per heavy atom. The van der Waals surface area contributed by atoms with E-state index in [0.717, 1.165) is 24.1 Å². The van der Waals surface area contributed by atoms with Gasteiger partial charge in [-0.1, -0.05) is 25.5 Å². The average Bonchev–Trinajstić information content (AvgIpc) is 2.45. The molecule has 2 heteroatoms. The van der Waals surface area contributed by atoms with Crippen LogP contribution in [0.3, 0.4) is 0 Å². The minimum atomic E-state index is 0.196. The monoisotopic (exact) mass is 289 g/mol. The van der Waals surface area contributed by atoms with Gasteiger partial charge in [-0.3, -0.25) is 0 Å². The second kappa shape index (κ2) is 6.83. The molecule has 1 N–H and O–H groups in total. The van der Waals surface area contributed by atoms with Gasteiger partial charge in [0.25, 0.3) is 0 Å². The minimum absolute atomic E-state index is 0.196. The van der Waals surface area contributed by atoms with E-state index in [-0.39, 0.29) is 5.54 Å². The molecule has 0 spiro atoms. The summed E-state index contributed by atoms with van der Waals surface area (Å²) in [4.78, 5) is 0. The summed E-state index contributed by atoms with van der Waals surface area (Å²) in [6, 6.07) is 8.67. The largest absolute Gasteiger partial charge is 0.497 e. The van der Waals surface area contributed by atoms with Crippen LogP contribution in [0.25, 0.3) is 0 Å². The number of nitrogens with one attached hydrogen (secondary N) is 1. The maximum atomic E-state index is 5.41. The van der Waals surface area contributed by atoms with E-state index >= 15 is 0 Å². The Kier molecular flexibility index (Phi) is 5.32. The van der Waals surface area contributed by atoms with E-state index < -0.39 is 0 Å². The molecule has 0 radical (unpaired) electrons. The Morgan fingerprint density at radius 1 is 1.24 bits per heavy atom. The van der Waals surface area contributed by atoms with Gasteiger partial charge in [-0.15, -0.1) is 0 Å². The van der Waals surface area contributed by atoms with Crippen LogP contribution in [0.15, 0.2) is 24.3 Å². The summed E-state index contributed by atoms with van der Waals surface area (Å²) in [5.41, 5.74) is 1.64. The molecule has 21 heavy (non-hydrogen) atoms. The standard InChI is InChI=1S/C19H31NO/c1-14-9-10-16(13-20-19(2,3)4)18(11-14)15-7-6-8-17(12-15)21-5/h6-8,12,14,16,18,20H,9-11,13H2,1-5H3. The van der Waals surface area contributed by atoms with Crippen LogP contribution in [0.2, 0.25) is 0 Å². The molecular formula is C19H31NO. The van der Waals surface area contributed by atoms with Gasteiger partial charge in [-0.05, 0) is 75.6 Å². The zero-order valence-corrected chi connectivity index (χ0v) is 14.3. The molecule has 0 saturated heterocycles. The molecule has 0 heterocycles. The Labute approximate surface area is 130 Å². The zero-order valence-electron chi connectivity index (χ0n) is 14.3. The van der Waals surface area contributed by atoms with Crippen molar-refractivity contribution in [3.05, 3.63) is 29.8 Å². The van der Waals surface area contributed by atoms with Crippen molar-refractivity contribution in [2.45, 2.75) is 58.4 Å². The third-order valence-electron chi connectivity index (χ3n) is 4.67. The minimum Gasteiger partial charge on any atom is -0.497 e. The highest BCUT2D eigenvalue weighted by molar-refractivity contribution is 5.31. The molecule has 1 aliphatic carbocycles. The predicted octanol–water partition coefficient (Wildman–Crippen LogP) is 4.60. The van der Waals surface area contributed by atoms with E-state index in [1.54, 1.807) is 7.11 Å². The Morgan fingerprint density at radius 3 is 2.67 bits per heavy atom. The van der Waals surface area contributed by atoms with Gasteiger partial charge in [0.05, 0.1) is 7.11 Å². The summed E-state index contributed by atoms with van der Waals surface area (Å²) in [5, 5.41) is 3.70. The number of ether oxygens (including phenoxy) is 1. The van der Waals surface area contributed by atoms with Crippen molar-refractivity contribution in [1.29, 1.82) is 0 Å². The normalized spacial score (nSPS) is 26.6. The zero-order chi connectivity index (χ0) is 15.5. The highest BCUT2D eigenvalue weighted by atomic mass is 16.5. The fraction of sp³-hybridized carbons (Fsp3) is 0.684. The summed E-state index contributed by atoms with van der Waals surface area (Å²) in [5.74, 6) is 3.19. The lowest BCUT2D eigenvalue weighted by Gasteiger charge is -2.37. The van der Waals surface area contributed by atoms with Crippen LogP contribution >= 0.6 is 0 Å². The second-order valence-electron chi connectivity index (χ2n) is 7.69. The van der Waals surface area contributed by atoms with Crippen molar-refractivity contribution in [2.24, 2.45) is 11.8 Å². The van der Waals surface area contributed by atoms with Gasteiger partial charge in [0.2, 0.25) is 0 Å². The number of methoxy groups -OCH3 is 1. The fourth-order valence-electron chi connectivity index (χ4n) is 3.41. The summed E-state index contributed by atoms with van der Waals surface area (Å²) in [7, 11) is 1.75. The first-order chi connectivity index (χ1) is 9.89. The Balaban J connectivity index is 2.14. The quantitative estimate of drug-likeness (QED) is 0.874. The highest BCUT2D eigenvalue weighted by Crippen LogP contribution is 2.41. The lowest BCUT2D eigenvalue weighted by Crippen LogP contribution is -2.41. The molecule has 1 aromatic rings. The van der Waals surface area contributed by atoms with Gasteiger partial charge >= 0.3 is 0 Å². The molecule has 118 valence electrons. The van der Waals surface area contributed by atoms with E-state index in [4.69, 9.17) is 4.74 Å². The van der Waals surface area contributed by atoms with Gasteiger partial charge in [0.15, 0.2) is 0 Å². The van der Waals surface area contributed by atoms with Crippen molar-refractivity contribution in [1.82, 2.24) is 5.32 Å². The van der Waals surface area contributed by atoms with Gasteiger partial charge in [-0.2, -0.15) is 0 Å². The molecule has 2 rings (SSSR count). The molecule has 0 aliphatic heterocycles. The van der Waals surface area contributed by atoms with Gasteiger partial charge in [-0.25, -0.2) is 0 Å². The smallest absolute Gasteiger partial charge is 0.119 e. The van der Waals surface area contributed by atoms with E-state index in [0.29, 0.717) is 5.92 Å². The van der Waals surface area contributed by atoms with E-state index in [2.05, 4.69) is 51.2 Å². The molecule has 0 amide bonds. The number of hydrogen-bond acceptors (Lipinski definition) is 2. The molecule has 2 nitrogen and oxygen atoms in total. The topological polar surface area (TPSA) is 21.3 Å². The summed E-state index contributed by atoms with van der Waals surface area (Å²) >= 11 is 0. The molecule has 3 atom stereocenters. The summed E-state index contributed by atoms with van der Waals surface area (Å²) in [6.45, 7) is 10.2. The van der Waals surface area contributed by atoms with Crippen LogP contribution in [0.1, 0.15) is 58.4 Å². The molecular weight excluding hydrogens is 258 g/mol. The number of hydrogen-bond donors (Lipinski definition) is 1. The van der Waals surface area contributed by atoms with Crippen LogP contribution < -0.4 is 10.1 Å². The van der Waals surface area contributed by atoms with Gasteiger partial charge in [0.1, 0.15) is 5.75 Å². The van der Waals surface area contributed by atoms with Crippen molar-refractivity contribution in [3.63, 3.8) is 0 Å². The van der Waals surface area contributed by atoms with E-state index in [1.807, 2.05) is 6.07 Å². The van der Waals surface area contributed by atoms with Crippen molar-refractivity contribution >= 4 is 0 Å². The van der Waals surface area contributed by atoms with E-state index in [1.165, 1.54) is 24.8 Å². The van der Waals surface area contributed by atoms with Crippen LogP contribution in [0.4, 0.5) is 0 Å². The predicted molar refractivity (Wildman–Crippen MR) is 90.0 cm³/mol. The Hall–Kier alpha value is -1.02. The average molecular weight is 289 g/mol. The second-order valence-corrected chi connectivity index (χ2v) is 7.69. The lowest BCUT2D eigenvalue weighted by molar-refractivity contribution is 0.226. The highest BCUT2D eigenvalue weighted by Gasteiger charge is 2.30. The molecule has 1 aromatic carbocycles. The van der Waals surface area contributed by atoms with Crippen LogP contribution in [-0.2, 0) is 0 Å². The number of rotatable bonds is 4. The molecule has 1 fully saturated rings. The van der Waals surface area contributed by atoms with Crippen LogP contribution in [-0.4, -0.2) is 19.2 Å². The van der Waals surface area contributed by atoms with Crippen molar-refractivity contribution < 1.29 is 4.74 Å². The number of benzene rings is 1. The third-order valence-corrected chi connectivity index (χ3v) is 4.67. The molecule has 1 saturated carbocycles. The Bertz CT molecular complexity index is 449. The van der Waals surface area contributed by atoms with Crippen molar-refractivity contribution in [2.75, 3.05) is 13.7 Å². The first kappa shape index (κ1) is 16.4. The fourth-order valence-corrected chi connectivity index (χ4v) is 3.41. The molecule has 0 bridgehead atoms. The maximum absolute atomic E-state index is 5.41. The molecule has 3 unspecified atom stereocenters. The molecule has 1 aliphatic rings. The van der Waals surface area contributed by atoms with Crippen LogP contribution in [0, 0.1) is 11.8 Å². The van der Waals surface area contributed by atoms with Gasteiger partial charge in [0, 0.05) is 5.54 Å². The van der Waals surface area contributed by atoms with E-state index in [9.17, 15) is 0 Å². The third kappa shape index (κ3) is 4.74. The maximum Gasteiger partial charge on any atom is 0.119 e. The lowest BCUT2D eigenvalue weighted by atomic mass is 9.71. The SMILES string of the molecule is COc1cccc(C2CC(C)CCC2CNC(C)(C)C)c1. The first-order valence-corrected chi connectivity index (χ1v) is 8.28. The summed E-state index contributed by atoms with van der Waals surface area (Å²) < 4.78 is 5.41. The first-order valence-electron chi connectivity index (χ1n) is 8.28. The van der Waals surface area contributed by atoms with Gasteiger partial charge < -0.3 is 10.1 Å². The van der Waals surface area contributed by atoms with Crippen LogP contribution in [0.5, 0.6) is 5.75 Å². The molecule has 0 aromatic heterocycles. The summed E-state index contributed by atoms with van der Waals surface area (Å²) in [6.07, 6.45) is 3.98. The van der Waals surface area contributed by atoms with Crippen molar-refractivity contribution in [3.8, 4) is 5.75 Å².